The number of carbonyl (C=O) groups excluding carboxylic acids is 6. The van der Waals surface area contributed by atoms with Crippen LogP contribution < -0.4 is 52.7 Å². The van der Waals surface area contributed by atoms with Crippen molar-refractivity contribution in [2.75, 3.05) is 44.8 Å². The van der Waals surface area contributed by atoms with E-state index in [4.69, 9.17) is 4.74 Å². The molecule has 3 heterocycles. The molecule has 0 radical (unpaired) electrons. The van der Waals surface area contributed by atoms with Crippen LogP contribution in [0.2, 0.25) is 0 Å². The molecule has 4 atom stereocenters. The number of benzene rings is 2. The molecule has 370 valence electrons. The maximum atomic E-state index is 14.0. The summed E-state index contributed by atoms with van der Waals surface area (Å²) in [5.41, 5.74) is 3.59. The number of anilines is 1. The van der Waals surface area contributed by atoms with Crippen LogP contribution in [-0.2, 0) is 45.3 Å². The third-order valence-corrected chi connectivity index (χ3v) is 11.4. The van der Waals surface area contributed by atoms with Crippen molar-refractivity contribution in [3.05, 3.63) is 83.6 Å². The molecule has 0 spiro atoms. The molecular weight excluding hydrogens is 921 g/mol. The Morgan fingerprint density at radius 1 is 0.870 bits per heavy atom. The predicted octanol–water partition coefficient (Wildman–Crippen LogP) is -0.956. The van der Waals surface area contributed by atoms with E-state index in [9.17, 15) is 51.6 Å². The van der Waals surface area contributed by atoms with E-state index in [0.717, 1.165) is 0 Å². The summed E-state index contributed by atoms with van der Waals surface area (Å²) in [7, 11) is -4.45. The van der Waals surface area contributed by atoms with Crippen LogP contribution in [0.3, 0.4) is 0 Å². The summed E-state index contributed by atoms with van der Waals surface area (Å²) < 4.78 is 38.4. The summed E-state index contributed by atoms with van der Waals surface area (Å²) in [4.78, 5) is 100. The summed E-state index contributed by atoms with van der Waals surface area (Å²) in [6.45, 7) is 4.95. The van der Waals surface area contributed by atoms with Gasteiger partial charge in [-0.2, -0.15) is 13.5 Å². The maximum absolute atomic E-state index is 14.0. The second-order valence-corrected chi connectivity index (χ2v) is 17.5. The van der Waals surface area contributed by atoms with Gasteiger partial charge in [-0.3, -0.25) is 48.5 Å². The molecule has 25 heteroatoms. The number of carbonyl (C=O) groups is 7. The van der Waals surface area contributed by atoms with Crippen molar-refractivity contribution in [3.8, 4) is 5.75 Å². The monoisotopic (exact) mass is 976 g/mol. The first-order valence-electron chi connectivity index (χ1n) is 22.0. The van der Waals surface area contributed by atoms with E-state index < -0.39 is 94.6 Å². The standard InChI is InChI=1S/C44H56N12O12S/c1-26(2)38-43(64)53-31(8-5-16-46-44-47-18-19-48-44)40(61)50-25-36(57)52-33(22-37(58)59)41(62)54-32(42(63)55-38)21-27-10-13-30(14-11-27)68-20-6-17-45-39(60)29-12-15-35(49-23-29)56-51-24-28-7-3-4-9-34(28)69(65,66)67/h3-4,7,9-15,23-24,26,31-33,38H,5-6,8,16-22,25H2,1-2H3,(H,45,60)(H,49,56)(H,50,61)(H,52,57)(H,53,64)(H,54,62)(H,55,63)(H,58,59)(H2,46,47,48)(H,65,66,67)/b51-24+/t31-,32+,33-,38?/m0/s1. The van der Waals surface area contributed by atoms with Gasteiger partial charge in [-0.1, -0.05) is 44.2 Å². The van der Waals surface area contributed by atoms with Crippen molar-refractivity contribution >= 4 is 69.5 Å². The number of nitrogens with one attached hydrogen (secondary N) is 9. The lowest BCUT2D eigenvalue weighted by molar-refractivity contribution is -0.141. The lowest BCUT2D eigenvalue weighted by atomic mass is 9.99. The number of nitrogens with zero attached hydrogens (tertiary/aromatic N) is 3. The number of guanidine groups is 1. The molecule has 0 aliphatic carbocycles. The van der Waals surface area contributed by atoms with Gasteiger partial charge < -0.3 is 52.4 Å². The van der Waals surface area contributed by atoms with E-state index in [-0.39, 0.29) is 47.8 Å². The molecule has 3 aromatic rings. The lowest BCUT2D eigenvalue weighted by Crippen LogP contribution is -2.59. The number of amides is 6. The van der Waals surface area contributed by atoms with Crippen molar-refractivity contribution in [1.29, 1.82) is 0 Å². The lowest BCUT2D eigenvalue weighted by Gasteiger charge is -2.27. The summed E-state index contributed by atoms with van der Waals surface area (Å²) in [5, 5.41) is 35.2. The molecule has 2 aliphatic heterocycles. The van der Waals surface area contributed by atoms with E-state index in [2.05, 4.69) is 63.0 Å². The van der Waals surface area contributed by atoms with Gasteiger partial charge in [0.25, 0.3) is 16.0 Å². The number of aliphatic carboxylic acids is 1. The highest BCUT2D eigenvalue weighted by atomic mass is 32.2. The number of carboxylic acid groups (broad SMARTS) is 1. The normalized spacial score (nSPS) is 19.4. The van der Waals surface area contributed by atoms with Crippen LogP contribution in [0.25, 0.3) is 0 Å². The average Bonchev–Trinajstić information content (AvgIpc) is 3.84. The molecule has 6 amide bonds. The number of aromatic nitrogens is 1. The molecule has 1 aromatic heterocycles. The Morgan fingerprint density at radius 2 is 1.61 bits per heavy atom. The predicted molar refractivity (Wildman–Crippen MR) is 250 cm³/mol. The third kappa shape index (κ3) is 16.9. The summed E-state index contributed by atoms with van der Waals surface area (Å²) >= 11 is 0. The molecule has 24 nitrogen and oxygen atoms in total. The SMILES string of the molecule is CC(C)C1NC(=O)[C@@H](Cc2ccc(OCCCNC(=O)c3ccc(N/N=C/c4ccccc4S(=O)(=O)O)nc3)cc2)NC(=O)[C@H](CC(=O)O)NC(=O)CNC(=O)[C@H](CCCNC2=NCCN2)NC1=O. The number of rotatable bonds is 19. The number of pyridine rings is 1. The highest BCUT2D eigenvalue weighted by Gasteiger charge is 2.34. The van der Waals surface area contributed by atoms with Gasteiger partial charge in [0, 0.05) is 37.8 Å². The Balaban J connectivity index is 1.16. The molecular formula is C44H56N12O12S. The van der Waals surface area contributed by atoms with Gasteiger partial charge in [0.2, 0.25) is 29.5 Å². The van der Waals surface area contributed by atoms with Gasteiger partial charge in [0.15, 0.2) is 5.96 Å². The summed E-state index contributed by atoms with van der Waals surface area (Å²) in [5.74, 6) is -4.95. The Hall–Kier alpha value is -7.67. The zero-order chi connectivity index (χ0) is 49.9. The van der Waals surface area contributed by atoms with Crippen LogP contribution >= 0.6 is 0 Å². The van der Waals surface area contributed by atoms with Gasteiger partial charge in [-0.05, 0) is 61.1 Å². The van der Waals surface area contributed by atoms with Gasteiger partial charge in [0.05, 0.1) is 37.9 Å². The number of aliphatic imine (C=N–C) groups is 1. The zero-order valence-electron chi connectivity index (χ0n) is 37.8. The molecule has 2 aliphatic rings. The largest absolute Gasteiger partial charge is 0.494 e. The van der Waals surface area contributed by atoms with E-state index in [1.54, 1.807) is 44.2 Å². The topological polar surface area (TPSA) is 349 Å². The molecule has 1 fully saturated rings. The van der Waals surface area contributed by atoms with Crippen LogP contribution in [0, 0.1) is 5.92 Å². The van der Waals surface area contributed by atoms with E-state index in [0.29, 0.717) is 49.7 Å². The van der Waals surface area contributed by atoms with Gasteiger partial charge in [-0.15, -0.1) is 0 Å². The Morgan fingerprint density at radius 3 is 2.29 bits per heavy atom. The molecule has 0 saturated carbocycles. The van der Waals surface area contributed by atoms with Crippen LogP contribution in [0.1, 0.15) is 61.0 Å². The zero-order valence-corrected chi connectivity index (χ0v) is 38.6. The molecule has 1 saturated heterocycles. The van der Waals surface area contributed by atoms with Gasteiger partial charge >= 0.3 is 5.97 Å². The highest BCUT2D eigenvalue weighted by Crippen LogP contribution is 2.16. The molecule has 2 aromatic carbocycles. The molecule has 5 rings (SSSR count). The Kier molecular flexibility index (Phi) is 19.3. The van der Waals surface area contributed by atoms with Crippen LogP contribution in [0.4, 0.5) is 5.82 Å². The minimum absolute atomic E-state index is 0.120. The third-order valence-electron chi connectivity index (χ3n) is 10.4. The minimum atomic E-state index is -4.45. The average molecular weight is 977 g/mol. The number of hydrogen-bond acceptors (Lipinski definition) is 16. The number of ether oxygens (including phenoxy) is 1. The maximum Gasteiger partial charge on any atom is 0.305 e. The van der Waals surface area contributed by atoms with Crippen molar-refractivity contribution in [3.63, 3.8) is 0 Å². The van der Waals surface area contributed by atoms with Crippen LogP contribution in [-0.4, -0.2) is 140 Å². The number of hydrogen-bond donors (Lipinski definition) is 11. The fourth-order valence-electron chi connectivity index (χ4n) is 6.86. The first-order valence-corrected chi connectivity index (χ1v) is 23.4. The summed E-state index contributed by atoms with van der Waals surface area (Å²) in [6, 6.07) is 10.1. The van der Waals surface area contributed by atoms with E-state index in [1.807, 2.05) is 0 Å². The summed E-state index contributed by atoms with van der Waals surface area (Å²) in [6.07, 6.45) is 2.56. The fraction of sp³-hybridized carbons (Fsp3) is 0.409. The fourth-order valence-corrected chi connectivity index (χ4v) is 7.53. The van der Waals surface area contributed by atoms with Crippen molar-refractivity contribution < 1.29 is 56.4 Å². The second kappa shape index (κ2) is 25.5. The quantitative estimate of drug-likeness (QED) is 0.0298. The number of hydrazone groups is 1. The minimum Gasteiger partial charge on any atom is -0.494 e. The van der Waals surface area contributed by atoms with Crippen molar-refractivity contribution in [2.45, 2.75) is 75.0 Å². The highest BCUT2D eigenvalue weighted by molar-refractivity contribution is 7.86. The molecule has 0 bridgehead atoms. The Bertz CT molecular complexity index is 2490. The first kappa shape index (κ1) is 52.3. The molecule has 11 N–H and O–H groups in total. The van der Waals surface area contributed by atoms with Crippen molar-refractivity contribution in [1.82, 2.24) is 47.5 Å². The molecule has 69 heavy (non-hydrogen) atoms. The molecule has 1 unspecified atom stereocenters. The van der Waals surface area contributed by atoms with Crippen LogP contribution in [0.5, 0.6) is 5.75 Å². The first-order chi connectivity index (χ1) is 33.0. The van der Waals surface area contributed by atoms with Gasteiger partial charge in [-0.25, -0.2) is 4.98 Å². The number of carboxylic acids is 1. The van der Waals surface area contributed by atoms with E-state index >= 15 is 0 Å². The van der Waals surface area contributed by atoms with Crippen molar-refractivity contribution in [2.24, 2.45) is 16.0 Å². The Labute approximate surface area is 397 Å². The van der Waals surface area contributed by atoms with E-state index in [1.165, 1.54) is 42.7 Å². The van der Waals surface area contributed by atoms with Gasteiger partial charge in [0.1, 0.15) is 40.6 Å². The van der Waals surface area contributed by atoms with Crippen LogP contribution in [0.15, 0.2) is 81.8 Å². The smallest absolute Gasteiger partial charge is 0.305 e. The second-order valence-electron chi connectivity index (χ2n) is 16.1.